The van der Waals surface area contributed by atoms with E-state index < -0.39 is 0 Å². The summed E-state index contributed by atoms with van der Waals surface area (Å²) in [5.41, 5.74) is 8.17. The van der Waals surface area contributed by atoms with Gasteiger partial charge in [-0.25, -0.2) is 0 Å². The van der Waals surface area contributed by atoms with E-state index >= 15 is 0 Å². The van der Waals surface area contributed by atoms with Gasteiger partial charge in [-0.15, -0.1) is 0 Å². The molecule has 0 aliphatic heterocycles. The first-order chi connectivity index (χ1) is 7.77. The van der Waals surface area contributed by atoms with Gasteiger partial charge in [0.15, 0.2) is 0 Å². The van der Waals surface area contributed by atoms with Gasteiger partial charge in [0.1, 0.15) is 0 Å². The molecule has 0 bridgehead atoms. The van der Waals surface area contributed by atoms with Gasteiger partial charge in [0.2, 0.25) is 0 Å². The van der Waals surface area contributed by atoms with Crippen LogP contribution in [0.5, 0.6) is 0 Å². The third-order valence-electron chi connectivity index (χ3n) is 3.18. The topological polar surface area (TPSA) is 26.0 Å². The van der Waals surface area contributed by atoms with Crippen LogP contribution in [-0.4, -0.2) is 0 Å². The molecule has 0 radical (unpaired) electrons. The van der Waals surface area contributed by atoms with Crippen LogP contribution in [0.3, 0.4) is 0 Å². The third kappa shape index (κ3) is 4.26. The Morgan fingerprint density at radius 2 is 1.88 bits per heavy atom. The maximum atomic E-state index is 5.85. The normalized spacial score (nSPS) is 12.6. The molecule has 1 unspecified atom stereocenters. The van der Waals surface area contributed by atoms with Crippen molar-refractivity contribution < 1.29 is 0 Å². The lowest BCUT2D eigenvalue weighted by Crippen LogP contribution is -2.00. The molecule has 0 saturated carbocycles. The molecule has 0 aliphatic rings. The van der Waals surface area contributed by atoms with Crippen LogP contribution in [-0.2, 0) is 0 Å². The van der Waals surface area contributed by atoms with Crippen LogP contribution >= 0.6 is 0 Å². The first kappa shape index (κ1) is 13.1. The van der Waals surface area contributed by atoms with Gasteiger partial charge in [-0.1, -0.05) is 51.7 Å². The molecule has 1 aromatic carbocycles. The molecule has 0 fully saturated rings. The van der Waals surface area contributed by atoms with Crippen molar-refractivity contribution in [1.29, 1.82) is 0 Å². The van der Waals surface area contributed by atoms with Crippen molar-refractivity contribution in [1.82, 2.24) is 0 Å². The Kier molecular flexibility index (Phi) is 5.99. The van der Waals surface area contributed by atoms with E-state index in [0.717, 1.165) is 5.69 Å². The summed E-state index contributed by atoms with van der Waals surface area (Å²) in [4.78, 5) is 0. The van der Waals surface area contributed by atoms with Crippen molar-refractivity contribution in [3.63, 3.8) is 0 Å². The van der Waals surface area contributed by atoms with Crippen LogP contribution in [0.1, 0.15) is 63.9 Å². The van der Waals surface area contributed by atoms with Crippen LogP contribution in [0.4, 0.5) is 5.69 Å². The zero-order valence-corrected chi connectivity index (χ0v) is 10.7. The predicted molar refractivity (Wildman–Crippen MR) is 72.6 cm³/mol. The van der Waals surface area contributed by atoms with Gasteiger partial charge in [-0.05, 0) is 36.5 Å². The molecule has 0 heterocycles. The molecule has 2 N–H and O–H groups in total. The average molecular weight is 219 g/mol. The molecule has 0 saturated heterocycles. The summed E-state index contributed by atoms with van der Waals surface area (Å²) in [6.45, 7) is 4.52. The Bertz CT molecular complexity index is 293. The summed E-state index contributed by atoms with van der Waals surface area (Å²) in [6, 6.07) is 8.42. The lowest BCUT2D eigenvalue weighted by atomic mass is 9.89. The number of benzene rings is 1. The SMILES string of the molecule is CCCCCC(CCC)c1cccc(N)c1. The minimum atomic E-state index is 0.708. The second kappa shape index (κ2) is 7.32. The minimum Gasteiger partial charge on any atom is -0.399 e. The van der Waals surface area contributed by atoms with Crippen LogP contribution in [0.2, 0.25) is 0 Å². The van der Waals surface area contributed by atoms with E-state index in [0.29, 0.717) is 5.92 Å². The second-order valence-corrected chi connectivity index (χ2v) is 4.65. The van der Waals surface area contributed by atoms with E-state index in [1.54, 1.807) is 0 Å². The van der Waals surface area contributed by atoms with Crippen molar-refractivity contribution >= 4 is 5.69 Å². The van der Waals surface area contributed by atoms with Gasteiger partial charge < -0.3 is 5.73 Å². The van der Waals surface area contributed by atoms with Crippen molar-refractivity contribution in [2.45, 2.75) is 58.3 Å². The van der Waals surface area contributed by atoms with Crippen LogP contribution < -0.4 is 5.73 Å². The Hall–Kier alpha value is -0.980. The van der Waals surface area contributed by atoms with E-state index in [-0.39, 0.29) is 0 Å². The lowest BCUT2D eigenvalue weighted by Gasteiger charge is -2.16. The smallest absolute Gasteiger partial charge is 0.0316 e. The molecule has 0 aromatic heterocycles. The summed E-state index contributed by atoms with van der Waals surface area (Å²) in [5.74, 6) is 0.708. The molecule has 1 atom stereocenters. The quantitative estimate of drug-likeness (QED) is 0.520. The molecule has 0 spiro atoms. The molecule has 1 aromatic rings. The van der Waals surface area contributed by atoms with Gasteiger partial charge in [-0.3, -0.25) is 0 Å². The fraction of sp³-hybridized carbons (Fsp3) is 0.600. The van der Waals surface area contributed by atoms with E-state index in [4.69, 9.17) is 5.73 Å². The molecule has 1 nitrogen and oxygen atoms in total. The van der Waals surface area contributed by atoms with Gasteiger partial charge >= 0.3 is 0 Å². The summed E-state index contributed by atoms with van der Waals surface area (Å²) in [7, 11) is 0. The summed E-state index contributed by atoms with van der Waals surface area (Å²) in [5, 5.41) is 0. The zero-order valence-electron chi connectivity index (χ0n) is 10.7. The Morgan fingerprint density at radius 1 is 1.06 bits per heavy atom. The number of nitrogen functional groups attached to an aromatic ring is 1. The molecule has 1 rings (SSSR count). The van der Waals surface area contributed by atoms with Gasteiger partial charge in [-0.2, -0.15) is 0 Å². The van der Waals surface area contributed by atoms with Crippen molar-refractivity contribution in [2.75, 3.05) is 5.73 Å². The van der Waals surface area contributed by atoms with Crippen LogP contribution in [0, 0.1) is 0 Å². The number of anilines is 1. The fourth-order valence-corrected chi connectivity index (χ4v) is 2.28. The highest BCUT2D eigenvalue weighted by Crippen LogP contribution is 2.28. The summed E-state index contributed by atoms with van der Waals surface area (Å²) in [6.07, 6.45) is 7.85. The summed E-state index contributed by atoms with van der Waals surface area (Å²) >= 11 is 0. The monoisotopic (exact) mass is 219 g/mol. The number of nitrogens with two attached hydrogens (primary N) is 1. The molecule has 0 aliphatic carbocycles. The molecular weight excluding hydrogens is 194 g/mol. The fourth-order valence-electron chi connectivity index (χ4n) is 2.28. The largest absolute Gasteiger partial charge is 0.399 e. The Morgan fingerprint density at radius 3 is 2.50 bits per heavy atom. The van der Waals surface area contributed by atoms with Gasteiger partial charge in [0, 0.05) is 5.69 Å². The van der Waals surface area contributed by atoms with E-state index in [9.17, 15) is 0 Å². The van der Waals surface area contributed by atoms with Crippen LogP contribution in [0.15, 0.2) is 24.3 Å². The van der Waals surface area contributed by atoms with Crippen molar-refractivity contribution in [2.24, 2.45) is 0 Å². The molecule has 0 amide bonds. The van der Waals surface area contributed by atoms with Gasteiger partial charge in [0.05, 0.1) is 0 Å². The van der Waals surface area contributed by atoms with Crippen LogP contribution in [0.25, 0.3) is 0 Å². The molecule has 16 heavy (non-hydrogen) atoms. The molecule has 1 heteroatoms. The predicted octanol–water partition coefficient (Wildman–Crippen LogP) is 4.73. The standard InChI is InChI=1S/C15H25N/c1-3-5-6-9-13(8-4-2)14-10-7-11-15(16)12-14/h7,10-13H,3-6,8-9,16H2,1-2H3. The molecular formula is C15H25N. The maximum absolute atomic E-state index is 5.85. The first-order valence-electron chi connectivity index (χ1n) is 6.63. The highest BCUT2D eigenvalue weighted by Gasteiger charge is 2.10. The van der Waals surface area contributed by atoms with E-state index in [1.807, 2.05) is 6.07 Å². The Labute approximate surface area is 100 Å². The number of hydrogen-bond donors (Lipinski definition) is 1. The Balaban J connectivity index is 2.61. The number of hydrogen-bond acceptors (Lipinski definition) is 1. The van der Waals surface area contributed by atoms with E-state index in [1.165, 1.54) is 44.1 Å². The summed E-state index contributed by atoms with van der Waals surface area (Å²) < 4.78 is 0. The lowest BCUT2D eigenvalue weighted by molar-refractivity contribution is 0.529. The molecule has 90 valence electrons. The third-order valence-corrected chi connectivity index (χ3v) is 3.18. The second-order valence-electron chi connectivity index (χ2n) is 4.65. The highest BCUT2D eigenvalue weighted by atomic mass is 14.5. The zero-order chi connectivity index (χ0) is 11.8. The highest BCUT2D eigenvalue weighted by molar-refractivity contribution is 5.41. The van der Waals surface area contributed by atoms with Crippen molar-refractivity contribution in [3.05, 3.63) is 29.8 Å². The number of unbranched alkanes of at least 4 members (excludes halogenated alkanes) is 2. The first-order valence-corrected chi connectivity index (χ1v) is 6.63. The van der Waals surface area contributed by atoms with E-state index in [2.05, 4.69) is 32.0 Å². The maximum Gasteiger partial charge on any atom is 0.0316 e. The average Bonchev–Trinajstić information content (AvgIpc) is 2.28. The van der Waals surface area contributed by atoms with Crippen molar-refractivity contribution in [3.8, 4) is 0 Å². The van der Waals surface area contributed by atoms with Gasteiger partial charge in [0.25, 0.3) is 0 Å². The number of rotatable bonds is 7. The minimum absolute atomic E-state index is 0.708.